The fraction of sp³-hybridized carbons (Fsp3) is 0.417. The Kier molecular flexibility index (Phi) is 4.17. The maximum Gasteiger partial charge on any atom is 0.220 e. The molecular formula is C12H17NO. The zero-order valence-electron chi connectivity index (χ0n) is 8.79. The van der Waals surface area contributed by atoms with Gasteiger partial charge < -0.3 is 5.32 Å². The first kappa shape index (κ1) is 10.8. The van der Waals surface area contributed by atoms with Gasteiger partial charge in [0.25, 0.3) is 0 Å². The van der Waals surface area contributed by atoms with Crippen LogP contribution in [0, 0.1) is 0 Å². The molecule has 1 aromatic carbocycles. The molecule has 2 heteroatoms. The zero-order valence-corrected chi connectivity index (χ0v) is 8.79. The molecule has 0 saturated carbocycles. The van der Waals surface area contributed by atoms with Gasteiger partial charge >= 0.3 is 0 Å². The molecule has 0 aliphatic carbocycles. The van der Waals surface area contributed by atoms with Crippen molar-refractivity contribution in [1.82, 2.24) is 5.32 Å². The third-order valence-corrected chi connectivity index (χ3v) is 2.47. The summed E-state index contributed by atoms with van der Waals surface area (Å²) in [5.41, 5.74) is 1.25. The first-order chi connectivity index (χ1) is 6.77. The number of hydrogen-bond donors (Lipinski definition) is 1. The van der Waals surface area contributed by atoms with Gasteiger partial charge in [-0.15, -0.1) is 0 Å². The molecule has 1 unspecified atom stereocenters. The summed E-state index contributed by atoms with van der Waals surface area (Å²) in [6.45, 7) is 2.11. The van der Waals surface area contributed by atoms with Gasteiger partial charge in [-0.1, -0.05) is 37.3 Å². The third-order valence-electron chi connectivity index (χ3n) is 2.47. The number of rotatable bonds is 4. The average Bonchev–Trinajstić information content (AvgIpc) is 2.26. The van der Waals surface area contributed by atoms with Gasteiger partial charge in [-0.05, 0) is 17.9 Å². The number of benzene rings is 1. The van der Waals surface area contributed by atoms with Crippen LogP contribution >= 0.6 is 0 Å². The summed E-state index contributed by atoms with van der Waals surface area (Å²) < 4.78 is 0. The van der Waals surface area contributed by atoms with E-state index in [4.69, 9.17) is 0 Å². The zero-order chi connectivity index (χ0) is 10.4. The number of nitrogens with one attached hydrogen (secondary N) is 1. The van der Waals surface area contributed by atoms with Crippen LogP contribution in [0.2, 0.25) is 0 Å². The second-order valence-electron chi connectivity index (χ2n) is 3.39. The molecule has 1 aromatic rings. The molecule has 76 valence electrons. The van der Waals surface area contributed by atoms with E-state index in [1.807, 2.05) is 18.2 Å². The van der Waals surface area contributed by atoms with Crippen molar-refractivity contribution in [2.45, 2.75) is 25.7 Å². The predicted molar refractivity (Wildman–Crippen MR) is 58.2 cm³/mol. The summed E-state index contributed by atoms with van der Waals surface area (Å²) in [6.07, 6.45) is 1.58. The largest absolute Gasteiger partial charge is 0.359 e. The van der Waals surface area contributed by atoms with Crippen LogP contribution in [0.25, 0.3) is 0 Å². The molecule has 0 aliphatic heterocycles. The summed E-state index contributed by atoms with van der Waals surface area (Å²) in [5, 5.41) is 2.66. The topological polar surface area (TPSA) is 29.1 Å². The monoisotopic (exact) mass is 191 g/mol. The predicted octanol–water partition coefficient (Wildman–Crippen LogP) is 2.32. The number of amides is 1. The maximum absolute atomic E-state index is 11.2. The van der Waals surface area contributed by atoms with Crippen molar-refractivity contribution in [3.05, 3.63) is 35.9 Å². The highest BCUT2D eigenvalue weighted by Crippen LogP contribution is 2.22. The van der Waals surface area contributed by atoms with Gasteiger partial charge in [0.05, 0.1) is 0 Å². The Balaban J connectivity index is 2.68. The lowest BCUT2D eigenvalue weighted by Gasteiger charge is -2.13. The summed E-state index contributed by atoms with van der Waals surface area (Å²) in [7, 11) is 1.68. The van der Waals surface area contributed by atoms with Crippen LogP contribution in [0.1, 0.15) is 31.2 Å². The Labute approximate surface area is 85.3 Å². The van der Waals surface area contributed by atoms with Crippen molar-refractivity contribution in [3.8, 4) is 0 Å². The lowest BCUT2D eigenvalue weighted by molar-refractivity contribution is -0.121. The Morgan fingerprint density at radius 1 is 1.36 bits per heavy atom. The lowest BCUT2D eigenvalue weighted by atomic mass is 9.93. The molecule has 0 aliphatic rings. The number of carbonyl (C=O) groups excluding carboxylic acids is 1. The molecule has 0 saturated heterocycles. The van der Waals surface area contributed by atoms with Gasteiger partial charge in [0.15, 0.2) is 0 Å². The van der Waals surface area contributed by atoms with E-state index in [-0.39, 0.29) is 5.91 Å². The van der Waals surface area contributed by atoms with Gasteiger partial charge in [0, 0.05) is 13.5 Å². The second-order valence-corrected chi connectivity index (χ2v) is 3.39. The molecule has 14 heavy (non-hydrogen) atoms. The summed E-state index contributed by atoms with van der Waals surface area (Å²) in [6, 6.07) is 10.2. The van der Waals surface area contributed by atoms with E-state index in [1.54, 1.807) is 7.05 Å². The highest BCUT2D eigenvalue weighted by atomic mass is 16.1. The van der Waals surface area contributed by atoms with Crippen LogP contribution in [0.15, 0.2) is 30.3 Å². The van der Waals surface area contributed by atoms with Gasteiger partial charge in [0.1, 0.15) is 0 Å². The lowest BCUT2D eigenvalue weighted by Crippen LogP contribution is -2.20. The highest BCUT2D eigenvalue weighted by Gasteiger charge is 2.12. The van der Waals surface area contributed by atoms with Crippen LogP contribution in [-0.4, -0.2) is 13.0 Å². The van der Waals surface area contributed by atoms with E-state index in [9.17, 15) is 4.79 Å². The Morgan fingerprint density at radius 2 is 2.00 bits per heavy atom. The second kappa shape index (κ2) is 5.43. The van der Waals surface area contributed by atoms with Crippen LogP contribution in [-0.2, 0) is 4.79 Å². The van der Waals surface area contributed by atoms with Crippen molar-refractivity contribution in [2.75, 3.05) is 7.05 Å². The normalized spacial score (nSPS) is 12.1. The quantitative estimate of drug-likeness (QED) is 0.777. The Bertz CT molecular complexity index is 282. The van der Waals surface area contributed by atoms with Crippen molar-refractivity contribution in [1.29, 1.82) is 0 Å². The minimum absolute atomic E-state index is 0.112. The van der Waals surface area contributed by atoms with Gasteiger partial charge in [-0.25, -0.2) is 0 Å². The van der Waals surface area contributed by atoms with E-state index in [0.717, 1.165) is 6.42 Å². The van der Waals surface area contributed by atoms with E-state index < -0.39 is 0 Å². The van der Waals surface area contributed by atoms with Crippen LogP contribution in [0.3, 0.4) is 0 Å². The molecule has 1 N–H and O–H groups in total. The molecule has 0 bridgehead atoms. The van der Waals surface area contributed by atoms with Gasteiger partial charge in [-0.2, -0.15) is 0 Å². The van der Waals surface area contributed by atoms with Crippen molar-refractivity contribution in [3.63, 3.8) is 0 Å². The maximum atomic E-state index is 11.2. The van der Waals surface area contributed by atoms with Crippen LogP contribution < -0.4 is 5.32 Å². The Hall–Kier alpha value is -1.31. The molecule has 0 radical (unpaired) electrons. The Morgan fingerprint density at radius 3 is 2.50 bits per heavy atom. The van der Waals surface area contributed by atoms with E-state index in [1.165, 1.54) is 5.56 Å². The van der Waals surface area contributed by atoms with Crippen molar-refractivity contribution >= 4 is 5.91 Å². The minimum atomic E-state index is 0.112. The van der Waals surface area contributed by atoms with E-state index in [0.29, 0.717) is 12.3 Å². The molecular weight excluding hydrogens is 174 g/mol. The first-order valence-corrected chi connectivity index (χ1v) is 5.03. The van der Waals surface area contributed by atoms with Gasteiger partial charge in [0.2, 0.25) is 5.91 Å². The number of hydrogen-bond acceptors (Lipinski definition) is 1. The SMILES string of the molecule is CCC(CC(=O)NC)c1ccccc1. The first-order valence-electron chi connectivity index (χ1n) is 5.03. The third kappa shape index (κ3) is 2.87. The summed E-state index contributed by atoms with van der Waals surface area (Å²) >= 11 is 0. The molecule has 0 fully saturated rings. The standard InChI is InChI=1S/C12H17NO/c1-3-10(9-12(14)13-2)11-7-5-4-6-8-11/h4-8,10H,3,9H2,1-2H3,(H,13,14). The van der Waals surface area contributed by atoms with Crippen molar-refractivity contribution < 1.29 is 4.79 Å². The highest BCUT2D eigenvalue weighted by molar-refractivity contribution is 5.76. The fourth-order valence-corrected chi connectivity index (χ4v) is 1.55. The van der Waals surface area contributed by atoms with E-state index in [2.05, 4.69) is 24.4 Å². The summed E-state index contributed by atoms with van der Waals surface area (Å²) in [4.78, 5) is 11.2. The molecule has 0 spiro atoms. The van der Waals surface area contributed by atoms with E-state index >= 15 is 0 Å². The molecule has 2 nitrogen and oxygen atoms in total. The molecule has 1 rings (SSSR count). The minimum Gasteiger partial charge on any atom is -0.359 e. The van der Waals surface area contributed by atoms with Gasteiger partial charge in [-0.3, -0.25) is 4.79 Å². The molecule has 1 amide bonds. The smallest absolute Gasteiger partial charge is 0.220 e. The number of carbonyl (C=O) groups is 1. The summed E-state index contributed by atoms with van der Waals surface area (Å²) in [5.74, 6) is 0.455. The fourth-order valence-electron chi connectivity index (χ4n) is 1.55. The molecule has 1 atom stereocenters. The average molecular weight is 191 g/mol. The molecule has 0 aromatic heterocycles. The van der Waals surface area contributed by atoms with Crippen molar-refractivity contribution in [2.24, 2.45) is 0 Å². The molecule has 0 heterocycles. The van der Waals surface area contributed by atoms with Crippen LogP contribution in [0.5, 0.6) is 0 Å². The van der Waals surface area contributed by atoms with Crippen LogP contribution in [0.4, 0.5) is 0 Å².